The number of carbonyl (C=O) groups excluding carboxylic acids is 2. The summed E-state index contributed by atoms with van der Waals surface area (Å²) >= 11 is 0. The number of pyridine rings is 1. The highest BCUT2D eigenvalue weighted by Crippen LogP contribution is 2.25. The predicted molar refractivity (Wildman–Crippen MR) is 150 cm³/mol. The van der Waals surface area contributed by atoms with Crippen molar-refractivity contribution >= 4 is 28.1 Å². The van der Waals surface area contributed by atoms with Gasteiger partial charge in [-0.05, 0) is 49.1 Å². The molecule has 2 aromatic carbocycles. The van der Waals surface area contributed by atoms with Gasteiger partial charge in [-0.15, -0.1) is 0 Å². The number of ketones is 1. The van der Waals surface area contributed by atoms with Gasteiger partial charge in [0, 0.05) is 36.4 Å². The van der Waals surface area contributed by atoms with Crippen LogP contribution in [-0.2, 0) is 6.42 Å². The molecule has 40 heavy (non-hydrogen) atoms. The van der Waals surface area contributed by atoms with Gasteiger partial charge >= 0.3 is 0 Å². The van der Waals surface area contributed by atoms with Crippen LogP contribution < -0.4 is 10.9 Å². The van der Waals surface area contributed by atoms with Gasteiger partial charge in [0.1, 0.15) is 5.56 Å². The summed E-state index contributed by atoms with van der Waals surface area (Å²) < 4.78 is 3.16. The Morgan fingerprint density at radius 2 is 1.90 bits per heavy atom. The minimum atomic E-state index is -0.556. The second kappa shape index (κ2) is 10.1. The van der Waals surface area contributed by atoms with E-state index >= 15 is 0 Å². The lowest BCUT2D eigenvalue weighted by Gasteiger charge is -2.21. The highest BCUT2D eigenvalue weighted by atomic mass is 16.2. The van der Waals surface area contributed by atoms with Gasteiger partial charge in [-0.3, -0.25) is 24.0 Å². The number of aryl methyl sites for hydroxylation is 1. The van der Waals surface area contributed by atoms with Gasteiger partial charge in [0.25, 0.3) is 11.5 Å². The molecule has 0 aliphatic rings. The molecule has 1 atom stereocenters. The van der Waals surface area contributed by atoms with Crippen LogP contribution in [0, 0.1) is 6.92 Å². The van der Waals surface area contributed by atoms with Gasteiger partial charge in [0.05, 0.1) is 28.9 Å². The largest absolute Gasteiger partial charge is 0.344 e. The normalized spacial score (nSPS) is 12.1. The third-order valence-corrected chi connectivity index (χ3v) is 6.94. The van der Waals surface area contributed by atoms with Gasteiger partial charge in [0.2, 0.25) is 0 Å². The maximum Gasteiger partial charge on any atom is 0.263 e. The summed E-state index contributed by atoms with van der Waals surface area (Å²) in [6.45, 7) is 3.59. The summed E-state index contributed by atoms with van der Waals surface area (Å²) in [5, 5.41) is 15.1. The quantitative estimate of drug-likeness (QED) is 0.300. The Bertz CT molecular complexity index is 1940. The predicted octanol–water partition coefficient (Wildman–Crippen LogP) is 3.98. The minimum absolute atomic E-state index is 0.0492. The molecule has 0 spiro atoms. The van der Waals surface area contributed by atoms with E-state index in [9.17, 15) is 14.4 Å². The first kappa shape index (κ1) is 24.9. The number of para-hydroxylation sites is 1. The summed E-state index contributed by atoms with van der Waals surface area (Å²) in [7, 11) is 0. The Morgan fingerprint density at radius 1 is 1.07 bits per heavy atom. The first-order chi connectivity index (χ1) is 19.4. The third kappa shape index (κ3) is 4.35. The fraction of sp³-hybridized carbons (Fsp3) is 0.133. The molecular formula is C30H25N7O3. The lowest BCUT2D eigenvalue weighted by molar-refractivity contribution is 0.0938. The second-order valence-corrected chi connectivity index (χ2v) is 9.56. The number of fused-ring (bicyclic) bond motifs is 2. The van der Waals surface area contributed by atoms with Crippen LogP contribution in [0.1, 0.15) is 50.6 Å². The van der Waals surface area contributed by atoms with Crippen molar-refractivity contribution in [2.24, 2.45) is 0 Å². The molecule has 0 unspecified atom stereocenters. The monoisotopic (exact) mass is 531 g/mol. The smallest absolute Gasteiger partial charge is 0.263 e. The average molecular weight is 532 g/mol. The summed E-state index contributed by atoms with van der Waals surface area (Å²) in [6.07, 6.45) is 6.41. The van der Waals surface area contributed by atoms with Crippen molar-refractivity contribution in [3.63, 3.8) is 0 Å². The fourth-order valence-electron chi connectivity index (χ4n) is 5.05. The molecule has 1 amide bonds. The van der Waals surface area contributed by atoms with Crippen LogP contribution in [0.5, 0.6) is 0 Å². The molecule has 0 aliphatic heterocycles. The van der Waals surface area contributed by atoms with Crippen LogP contribution in [0.4, 0.5) is 0 Å². The molecule has 198 valence electrons. The Hall–Kier alpha value is -5.38. The van der Waals surface area contributed by atoms with E-state index in [0.29, 0.717) is 50.2 Å². The van der Waals surface area contributed by atoms with Crippen molar-refractivity contribution in [1.82, 2.24) is 34.7 Å². The number of benzene rings is 2. The Morgan fingerprint density at radius 3 is 2.67 bits per heavy atom. The number of H-pyrrole nitrogens is 1. The number of nitrogens with one attached hydrogen (secondary N) is 2. The maximum absolute atomic E-state index is 14.2. The maximum atomic E-state index is 14.2. The van der Waals surface area contributed by atoms with Crippen molar-refractivity contribution in [2.75, 3.05) is 0 Å². The SMILES string of the molecule is Cc1nn2cccnc2c1C(=O)N[C@H](C)c1cc2cccc(CC(=O)c3cn[nH]c3)c2c(=O)n1-c1ccccc1. The van der Waals surface area contributed by atoms with Gasteiger partial charge in [-0.2, -0.15) is 10.2 Å². The van der Waals surface area contributed by atoms with Crippen molar-refractivity contribution in [1.29, 1.82) is 0 Å². The molecule has 0 radical (unpaired) electrons. The fourth-order valence-corrected chi connectivity index (χ4v) is 5.05. The summed E-state index contributed by atoms with van der Waals surface area (Å²) in [5.74, 6) is -0.487. The molecule has 0 saturated heterocycles. The number of hydrogen-bond acceptors (Lipinski definition) is 6. The van der Waals surface area contributed by atoms with Crippen molar-refractivity contribution in [3.8, 4) is 5.69 Å². The molecule has 4 aromatic heterocycles. The van der Waals surface area contributed by atoms with Gasteiger partial charge < -0.3 is 5.32 Å². The number of carbonyl (C=O) groups is 2. The second-order valence-electron chi connectivity index (χ2n) is 9.56. The van der Waals surface area contributed by atoms with Crippen molar-refractivity contribution < 1.29 is 9.59 Å². The van der Waals surface area contributed by atoms with Crippen LogP contribution in [0.2, 0.25) is 0 Å². The van der Waals surface area contributed by atoms with Crippen LogP contribution in [0.3, 0.4) is 0 Å². The number of nitrogens with zero attached hydrogens (tertiary/aromatic N) is 5. The molecule has 4 heterocycles. The average Bonchev–Trinajstić information content (AvgIpc) is 3.61. The van der Waals surface area contributed by atoms with Gasteiger partial charge in [-0.1, -0.05) is 36.4 Å². The van der Waals surface area contributed by atoms with E-state index in [2.05, 4.69) is 25.6 Å². The Kier molecular flexibility index (Phi) is 6.27. The molecule has 0 saturated carbocycles. The number of aromatic nitrogens is 6. The Labute approximate surface area is 228 Å². The van der Waals surface area contributed by atoms with E-state index in [1.165, 1.54) is 6.20 Å². The molecule has 10 nitrogen and oxygen atoms in total. The summed E-state index contributed by atoms with van der Waals surface area (Å²) in [4.78, 5) is 44.9. The van der Waals surface area contributed by atoms with Crippen molar-refractivity contribution in [2.45, 2.75) is 26.3 Å². The third-order valence-electron chi connectivity index (χ3n) is 6.94. The zero-order valence-electron chi connectivity index (χ0n) is 21.8. The molecule has 0 aliphatic carbocycles. The van der Waals surface area contributed by atoms with Gasteiger partial charge in [-0.25, -0.2) is 9.50 Å². The summed E-state index contributed by atoms with van der Waals surface area (Å²) in [6, 6.07) is 17.8. The first-order valence-corrected chi connectivity index (χ1v) is 12.8. The summed E-state index contributed by atoms with van der Waals surface area (Å²) in [5.41, 5.74) is 3.42. The van der Waals surface area contributed by atoms with E-state index in [-0.39, 0.29) is 23.7 Å². The van der Waals surface area contributed by atoms with Crippen LogP contribution in [-0.4, -0.2) is 41.1 Å². The van der Waals surface area contributed by atoms with Crippen LogP contribution in [0.25, 0.3) is 22.1 Å². The van der Waals surface area contributed by atoms with E-state index in [0.717, 1.165) is 0 Å². The molecule has 2 N–H and O–H groups in total. The van der Waals surface area contributed by atoms with Gasteiger partial charge in [0.15, 0.2) is 11.4 Å². The van der Waals surface area contributed by atoms with E-state index < -0.39 is 6.04 Å². The number of amides is 1. The molecule has 6 aromatic rings. The van der Waals surface area contributed by atoms with Crippen LogP contribution >= 0.6 is 0 Å². The highest BCUT2D eigenvalue weighted by molar-refractivity contribution is 6.01. The van der Waals surface area contributed by atoms with Crippen LogP contribution in [0.15, 0.2) is 90.2 Å². The Balaban J connectivity index is 1.46. The molecular weight excluding hydrogens is 506 g/mol. The number of hydrogen-bond donors (Lipinski definition) is 2. The molecule has 0 fully saturated rings. The minimum Gasteiger partial charge on any atom is -0.344 e. The standard InChI is InChI=1S/C30H25N7O3/c1-18(34-29(39)26-19(2)35-36-13-7-12-31-28(26)36)24-14-20-8-6-9-21(15-25(38)22-16-32-33-17-22)27(20)30(40)37(24)23-10-4-3-5-11-23/h3-14,16-18H,15H2,1-2H3,(H,32,33)(H,34,39)/t18-/m1/s1. The number of rotatable bonds is 7. The van der Waals surface area contributed by atoms with E-state index in [4.69, 9.17) is 0 Å². The van der Waals surface area contributed by atoms with E-state index in [1.54, 1.807) is 46.7 Å². The zero-order valence-corrected chi connectivity index (χ0v) is 21.8. The highest BCUT2D eigenvalue weighted by Gasteiger charge is 2.24. The number of Topliss-reactive ketones (excluding diaryl/α,β-unsaturated/α-hetero) is 1. The molecule has 0 bridgehead atoms. The lowest BCUT2D eigenvalue weighted by Crippen LogP contribution is -2.32. The topological polar surface area (TPSA) is 127 Å². The molecule has 10 heteroatoms. The van der Waals surface area contributed by atoms with Crippen molar-refractivity contribution in [3.05, 3.63) is 124 Å². The van der Waals surface area contributed by atoms with E-state index in [1.807, 2.05) is 55.5 Å². The lowest BCUT2D eigenvalue weighted by atomic mass is 9.98. The molecule has 6 rings (SSSR count). The zero-order chi connectivity index (χ0) is 27.8. The number of aromatic amines is 1. The first-order valence-electron chi connectivity index (χ1n) is 12.8.